The van der Waals surface area contributed by atoms with Gasteiger partial charge in [0.25, 0.3) is 12.0 Å². The summed E-state index contributed by atoms with van der Waals surface area (Å²) >= 11 is 0. The van der Waals surface area contributed by atoms with Gasteiger partial charge in [-0.25, -0.2) is 9.78 Å². The monoisotopic (exact) mass is 343 g/mol. The van der Waals surface area contributed by atoms with Crippen LogP contribution < -0.4 is 16.7 Å². The van der Waals surface area contributed by atoms with Gasteiger partial charge in [0, 0.05) is 19.8 Å². The average molecular weight is 343 g/mol. The zero-order chi connectivity index (χ0) is 18.6. The van der Waals surface area contributed by atoms with Crippen LogP contribution in [0.5, 0.6) is 0 Å². The van der Waals surface area contributed by atoms with Gasteiger partial charge in [-0.3, -0.25) is 18.7 Å². The number of ether oxygens (including phenoxy) is 1. The number of hydrogen-bond acceptors (Lipinski definition) is 5. The third kappa shape index (κ3) is 4.00. The molecule has 0 aromatic carbocycles. The fraction of sp³-hybridized carbons (Fsp3) is 0.529. The summed E-state index contributed by atoms with van der Waals surface area (Å²) in [5.41, 5.74) is 0.679. The Balaban J connectivity index is 2.60. The zero-order valence-electron chi connectivity index (χ0n) is 14.8. The van der Waals surface area contributed by atoms with Gasteiger partial charge >= 0.3 is 5.69 Å². The van der Waals surface area contributed by atoms with Gasteiger partial charge in [0.1, 0.15) is 13.5 Å². The number of fused-ring (bicyclic) bond motifs is 1. The molecule has 25 heavy (non-hydrogen) atoms. The second-order valence-electron chi connectivity index (χ2n) is 6.44. The van der Waals surface area contributed by atoms with Crippen molar-refractivity contribution in [1.29, 1.82) is 0 Å². The maximum absolute atomic E-state index is 12.9. The van der Waals surface area contributed by atoms with Gasteiger partial charge in [0.05, 0.1) is 12.0 Å². The van der Waals surface area contributed by atoms with Crippen molar-refractivity contribution in [1.82, 2.24) is 14.1 Å². The normalized spacial score (nSPS) is 11.2. The lowest BCUT2D eigenvalue weighted by Crippen LogP contribution is -2.40. The Kier molecular flexibility index (Phi) is 6.17. The van der Waals surface area contributed by atoms with E-state index in [0.717, 1.165) is 16.6 Å². The first-order valence-corrected chi connectivity index (χ1v) is 8.30. The lowest BCUT2D eigenvalue weighted by atomic mass is 9.87. The van der Waals surface area contributed by atoms with Gasteiger partial charge in [0.2, 0.25) is 0 Å². The molecule has 0 N–H and O–H groups in total. The molecule has 0 spiro atoms. The minimum absolute atomic E-state index is 0.145. The molecular weight excluding hydrogens is 321 g/mol. The smallest absolute Gasteiger partial charge is 0.332 e. The third-order valence-corrected chi connectivity index (χ3v) is 4.18. The molecule has 0 bridgehead atoms. The lowest BCUT2D eigenvalue weighted by molar-refractivity contribution is -0.128. The molecule has 2 radical (unpaired) electrons. The largest absolute Gasteiger partial charge is 0.468 e. The molecule has 132 valence electrons. The van der Waals surface area contributed by atoms with Crippen LogP contribution in [0.3, 0.4) is 0 Å². The molecule has 2 aromatic rings. The summed E-state index contributed by atoms with van der Waals surface area (Å²) in [4.78, 5) is 39.8. The molecular formula is C17H22BN3O4. The molecule has 7 nitrogen and oxygen atoms in total. The van der Waals surface area contributed by atoms with Gasteiger partial charge in [0.15, 0.2) is 0 Å². The maximum atomic E-state index is 12.9. The minimum atomic E-state index is -0.448. The Morgan fingerprint density at radius 3 is 2.72 bits per heavy atom. The molecule has 0 aliphatic rings. The van der Waals surface area contributed by atoms with E-state index in [1.807, 2.05) is 0 Å². The van der Waals surface area contributed by atoms with Crippen molar-refractivity contribution >= 4 is 30.8 Å². The number of rotatable bonds is 8. The summed E-state index contributed by atoms with van der Waals surface area (Å²) in [6.07, 6.45) is 3.39. The van der Waals surface area contributed by atoms with Gasteiger partial charge in [-0.2, -0.15) is 0 Å². The summed E-state index contributed by atoms with van der Waals surface area (Å²) in [7, 11) is 7.64. The van der Waals surface area contributed by atoms with E-state index < -0.39 is 11.2 Å². The van der Waals surface area contributed by atoms with Crippen molar-refractivity contribution in [2.45, 2.75) is 39.7 Å². The summed E-state index contributed by atoms with van der Waals surface area (Å²) in [5, 5.41) is 0.388. The van der Waals surface area contributed by atoms with E-state index in [2.05, 4.69) is 23.6 Å². The first-order valence-electron chi connectivity index (χ1n) is 8.30. The van der Waals surface area contributed by atoms with Crippen LogP contribution in [0.4, 0.5) is 0 Å². The van der Waals surface area contributed by atoms with Crippen molar-refractivity contribution in [2.24, 2.45) is 13.0 Å². The van der Waals surface area contributed by atoms with Crippen molar-refractivity contribution < 1.29 is 9.53 Å². The van der Waals surface area contributed by atoms with E-state index in [9.17, 15) is 14.4 Å². The van der Waals surface area contributed by atoms with Crippen molar-refractivity contribution in [2.75, 3.05) is 6.61 Å². The van der Waals surface area contributed by atoms with Crippen LogP contribution in [0, 0.1) is 5.92 Å². The van der Waals surface area contributed by atoms with Gasteiger partial charge in [-0.05, 0) is 30.7 Å². The maximum Gasteiger partial charge on any atom is 0.332 e. The fourth-order valence-electron chi connectivity index (χ4n) is 2.78. The molecule has 8 heteroatoms. The minimum Gasteiger partial charge on any atom is -0.468 e. The molecule has 2 rings (SSSR count). The summed E-state index contributed by atoms with van der Waals surface area (Å²) < 4.78 is 7.13. The number of aryl methyl sites for hydroxylation is 2. The van der Waals surface area contributed by atoms with E-state index in [-0.39, 0.29) is 13.2 Å². The molecule has 0 atom stereocenters. The predicted molar refractivity (Wildman–Crippen MR) is 96.4 cm³/mol. The Morgan fingerprint density at radius 2 is 2.08 bits per heavy atom. The van der Waals surface area contributed by atoms with Gasteiger partial charge in [-0.1, -0.05) is 19.3 Å². The fourth-order valence-corrected chi connectivity index (χ4v) is 2.78. The lowest BCUT2D eigenvalue weighted by Gasteiger charge is -2.15. The molecule has 0 aliphatic carbocycles. The van der Waals surface area contributed by atoms with E-state index in [0.29, 0.717) is 41.7 Å². The Labute approximate surface area is 147 Å². The second-order valence-corrected chi connectivity index (χ2v) is 6.44. The van der Waals surface area contributed by atoms with Crippen LogP contribution in [0.2, 0.25) is 0 Å². The van der Waals surface area contributed by atoms with Gasteiger partial charge in [-0.15, -0.1) is 0 Å². The summed E-state index contributed by atoms with van der Waals surface area (Å²) in [5.74, 6) is 0.456. The van der Waals surface area contributed by atoms with Crippen LogP contribution in [-0.2, 0) is 29.5 Å². The molecule has 2 aromatic heterocycles. The van der Waals surface area contributed by atoms with E-state index in [1.54, 1.807) is 7.05 Å². The van der Waals surface area contributed by atoms with Crippen LogP contribution in [0.25, 0.3) is 11.0 Å². The number of hydrogen-bond donors (Lipinski definition) is 0. The van der Waals surface area contributed by atoms with Crippen LogP contribution >= 0.6 is 0 Å². The average Bonchev–Trinajstić information content (AvgIpc) is 2.57. The van der Waals surface area contributed by atoms with E-state index in [4.69, 9.17) is 7.85 Å². The molecule has 0 aliphatic heterocycles. The van der Waals surface area contributed by atoms with Crippen LogP contribution in [0.15, 0.2) is 15.8 Å². The topological polar surface area (TPSA) is 83.2 Å². The van der Waals surface area contributed by atoms with Crippen molar-refractivity contribution in [3.8, 4) is 0 Å². The number of carbonyl (C=O) groups excluding carboxylic acids is 1. The molecule has 0 unspecified atom stereocenters. The standard InChI is InChI=1S/C17H22BN3O4/c1-11(2)5-6-12-13(18)9-19-15-14(12)16(23)21(17(24)20(15)3)7-4-8-25-10-22/h9-11H,4-8H2,1-3H3. The summed E-state index contributed by atoms with van der Waals surface area (Å²) in [6.45, 7) is 4.84. The molecule has 0 amide bonds. The SMILES string of the molecule is [B]c1cnc2c(c1CCC(C)C)c(=O)n(CCCOC=O)c(=O)n2C. The first-order chi connectivity index (χ1) is 11.9. The van der Waals surface area contributed by atoms with E-state index >= 15 is 0 Å². The number of nitrogens with zero attached hydrogens (tertiary/aromatic N) is 3. The molecule has 0 saturated heterocycles. The third-order valence-electron chi connectivity index (χ3n) is 4.18. The molecule has 2 heterocycles. The highest BCUT2D eigenvalue weighted by Crippen LogP contribution is 2.13. The highest BCUT2D eigenvalue weighted by atomic mass is 16.5. The quantitative estimate of drug-likeness (QED) is 0.384. The highest BCUT2D eigenvalue weighted by Gasteiger charge is 2.17. The Bertz CT molecular complexity index is 886. The Hall–Kier alpha value is -2.38. The Morgan fingerprint density at radius 1 is 1.36 bits per heavy atom. The van der Waals surface area contributed by atoms with Crippen LogP contribution in [-0.4, -0.2) is 35.0 Å². The molecule has 0 fully saturated rings. The van der Waals surface area contributed by atoms with Crippen LogP contribution in [0.1, 0.15) is 32.3 Å². The number of carbonyl (C=O) groups is 1. The predicted octanol–water partition coefficient (Wildman–Crippen LogP) is 0.0407. The summed E-state index contributed by atoms with van der Waals surface area (Å²) in [6, 6.07) is 0. The van der Waals surface area contributed by atoms with Gasteiger partial charge < -0.3 is 4.74 Å². The zero-order valence-corrected chi connectivity index (χ0v) is 14.8. The highest BCUT2D eigenvalue weighted by molar-refractivity contribution is 6.34. The molecule has 0 saturated carbocycles. The van der Waals surface area contributed by atoms with E-state index in [1.165, 1.54) is 10.8 Å². The number of aromatic nitrogens is 3. The van der Waals surface area contributed by atoms with Crippen molar-refractivity contribution in [3.05, 3.63) is 32.6 Å². The number of pyridine rings is 1. The second kappa shape index (κ2) is 8.14. The van der Waals surface area contributed by atoms with Crippen molar-refractivity contribution in [3.63, 3.8) is 0 Å². The first kappa shape index (κ1) is 19.0.